The van der Waals surface area contributed by atoms with Crippen LogP contribution < -0.4 is 16.4 Å². The maximum atomic E-state index is 11.8. The molecule has 5 nitrogen and oxygen atoms in total. The Morgan fingerprint density at radius 3 is 2.48 bits per heavy atom. The van der Waals surface area contributed by atoms with Gasteiger partial charge in [0.25, 0.3) is 0 Å². The second-order valence-electron chi connectivity index (χ2n) is 5.79. The zero-order valence-corrected chi connectivity index (χ0v) is 16.0. The number of hydrogen-bond acceptors (Lipinski definition) is 3. The van der Waals surface area contributed by atoms with E-state index in [2.05, 4.69) is 26.6 Å². The first kappa shape index (κ1) is 21.9. The van der Waals surface area contributed by atoms with Crippen LogP contribution in [0.1, 0.15) is 26.3 Å². The van der Waals surface area contributed by atoms with E-state index in [0.717, 1.165) is 16.5 Å². The SMILES string of the molecule is CC(Cc1cccc(Br)c1)NC(=O)CNC(=O)[C@@H](N)C(C)C.Cl. The smallest absolute Gasteiger partial charge is 0.239 e. The van der Waals surface area contributed by atoms with Crippen LogP contribution in [0.3, 0.4) is 0 Å². The monoisotopic (exact) mass is 405 g/mol. The van der Waals surface area contributed by atoms with E-state index >= 15 is 0 Å². The molecule has 0 aliphatic rings. The van der Waals surface area contributed by atoms with Gasteiger partial charge >= 0.3 is 0 Å². The van der Waals surface area contributed by atoms with E-state index in [-0.39, 0.29) is 42.7 Å². The molecule has 130 valence electrons. The van der Waals surface area contributed by atoms with E-state index in [0.29, 0.717) is 0 Å². The van der Waals surface area contributed by atoms with Crippen molar-refractivity contribution in [1.29, 1.82) is 0 Å². The summed E-state index contributed by atoms with van der Waals surface area (Å²) in [6.07, 6.45) is 0.727. The number of carbonyl (C=O) groups excluding carboxylic acids is 2. The van der Waals surface area contributed by atoms with Crippen molar-refractivity contribution in [2.75, 3.05) is 6.54 Å². The summed E-state index contributed by atoms with van der Waals surface area (Å²) in [6, 6.07) is 7.34. The Bertz CT molecular complexity index is 526. The Hall–Kier alpha value is -1.11. The first-order valence-corrected chi connectivity index (χ1v) is 8.16. The van der Waals surface area contributed by atoms with Gasteiger partial charge in [-0.25, -0.2) is 0 Å². The van der Waals surface area contributed by atoms with Gasteiger partial charge in [-0.3, -0.25) is 9.59 Å². The Kier molecular flexibility index (Phi) is 10.1. The van der Waals surface area contributed by atoms with Gasteiger partial charge < -0.3 is 16.4 Å². The average molecular weight is 407 g/mol. The van der Waals surface area contributed by atoms with Crippen LogP contribution in [-0.4, -0.2) is 30.4 Å². The van der Waals surface area contributed by atoms with Crippen molar-refractivity contribution in [2.24, 2.45) is 11.7 Å². The minimum atomic E-state index is -0.591. The summed E-state index contributed by atoms with van der Waals surface area (Å²) in [6.45, 7) is 5.61. The molecule has 0 spiro atoms. The molecule has 1 aromatic carbocycles. The molecule has 0 heterocycles. The molecule has 7 heteroatoms. The van der Waals surface area contributed by atoms with Crippen molar-refractivity contribution >= 4 is 40.2 Å². The fourth-order valence-corrected chi connectivity index (χ4v) is 2.43. The third-order valence-corrected chi connectivity index (χ3v) is 3.78. The van der Waals surface area contributed by atoms with Crippen LogP contribution in [0.25, 0.3) is 0 Å². The highest BCUT2D eigenvalue weighted by atomic mass is 79.9. The number of amides is 2. The van der Waals surface area contributed by atoms with Gasteiger partial charge in [0.2, 0.25) is 11.8 Å². The first-order valence-electron chi connectivity index (χ1n) is 7.36. The maximum Gasteiger partial charge on any atom is 0.239 e. The molecule has 0 aliphatic heterocycles. The molecule has 2 atom stereocenters. The summed E-state index contributed by atoms with van der Waals surface area (Å²) >= 11 is 3.42. The van der Waals surface area contributed by atoms with Gasteiger partial charge in [0, 0.05) is 10.5 Å². The highest BCUT2D eigenvalue weighted by Crippen LogP contribution is 2.13. The number of hydrogen-bond donors (Lipinski definition) is 3. The number of carbonyl (C=O) groups is 2. The normalized spacial score (nSPS) is 13.0. The minimum Gasteiger partial charge on any atom is -0.352 e. The van der Waals surface area contributed by atoms with E-state index in [4.69, 9.17) is 5.73 Å². The van der Waals surface area contributed by atoms with Gasteiger partial charge in [-0.1, -0.05) is 41.9 Å². The number of benzene rings is 1. The molecular weight excluding hydrogens is 382 g/mol. The minimum absolute atomic E-state index is 0. The summed E-state index contributed by atoms with van der Waals surface area (Å²) in [5, 5.41) is 5.42. The van der Waals surface area contributed by atoms with Crippen LogP contribution in [-0.2, 0) is 16.0 Å². The van der Waals surface area contributed by atoms with E-state index in [1.165, 1.54) is 0 Å². The molecule has 1 unspecified atom stereocenters. The highest BCUT2D eigenvalue weighted by Gasteiger charge is 2.18. The molecule has 0 saturated carbocycles. The molecule has 0 bridgehead atoms. The van der Waals surface area contributed by atoms with E-state index in [1.807, 2.05) is 45.0 Å². The molecule has 23 heavy (non-hydrogen) atoms. The van der Waals surface area contributed by atoms with E-state index in [9.17, 15) is 9.59 Å². The van der Waals surface area contributed by atoms with E-state index < -0.39 is 6.04 Å². The number of rotatable bonds is 7. The molecule has 0 aliphatic carbocycles. The molecule has 4 N–H and O–H groups in total. The second kappa shape index (κ2) is 10.6. The highest BCUT2D eigenvalue weighted by molar-refractivity contribution is 9.10. The van der Waals surface area contributed by atoms with Gasteiger partial charge in [-0.15, -0.1) is 12.4 Å². The Balaban J connectivity index is 0.00000484. The summed E-state index contributed by atoms with van der Waals surface area (Å²) < 4.78 is 1.01. The average Bonchev–Trinajstić information content (AvgIpc) is 2.43. The second-order valence-corrected chi connectivity index (χ2v) is 6.71. The van der Waals surface area contributed by atoms with Gasteiger partial charge in [0.05, 0.1) is 12.6 Å². The summed E-state index contributed by atoms with van der Waals surface area (Å²) in [7, 11) is 0. The third-order valence-electron chi connectivity index (χ3n) is 3.28. The van der Waals surface area contributed by atoms with Crippen LogP contribution >= 0.6 is 28.3 Å². The lowest BCUT2D eigenvalue weighted by atomic mass is 10.1. The van der Waals surface area contributed by atoms with Gasteiger partial charge in [-0.2, -0.15) is 0 Å². The molecule has 1 aromatic rings. The molecule has 0 aromatic heterocycles. The molecule has 0 fully saturated rings. The molecule has 1 rings (SSSR count). The summed E-state index contributed by atoms with van der Waals surface area (Å²) in [5.41, 5.74) is 6.85. The largest absolute Gasteiger partial charge is 0.352 e. The fraction of sp³-hybridized carbons (Fsp3) is 0.500. The van der Waals surface area contributed by atoms with Gasteiger partial charge in [-0.05, 0) is 37.0 Å². The van der Waals surface area contributed by atoms with Crippen molar-refractivity contribution in [3.05, 3.63) is 34.3 Å². The Morgan fingerprint density at radius 1 is 1.26 bits per heavy atom. The lowest BCUT2D eigenvalue weighted by Crippen LogP contribution is -2.48. The Labute approximate surface area is 152 Å². The van der Waals surface area contributed by atoms with Gasteiger partial charge in [0.1, 0.15) is 0 Å². The topological polar surface area (TPSA) is 84.2 Å². The third kappa shape index (κ3) is 8.34. The quantitative estimate of drug-likeness (QED) is 0.647. The van der Waals surface area contributed by atoms with Crippen molar-refractivity contribution < 1.29 is 9.59 Å². The zero-order chi connectivity index (χ0) is 16.7. The fourth-order valence-electron chi connectivity index (χ4n) is 1.98. The number of halogens is 2. The molecule has 0 saturated heterocycles. The molecule has 0 radical (unpaired) electrons. The zero-order valence-electron chi connectivity index (χ0n) is 13.6. The van der Waals surface area contributed by atoms with Crippen LogP contribution in [0, 0.1) is 5.92 Å². The Morgan fingerprint density at radius 2 is 1.91 bits per heavy atom. The summed E-state index contributed by atoms with van der Waals surface area (Å²) in [4.78, 5) is 23.5. The predicted octanol–water partition coefficient (Wildman–Crippen LogP) is 2.02. The van der Waals surface area contributed by atoms with Gasteiger partial charge in [0.15, 0.2) is 0 Å². The maximum absolute atomic E-state index is 11.8. The number of nitrogens with one attached hydrogen (secondary N) is 2. The number of nitrogens with two attached hydrogens (primary N) is 1. The summed E-state index contributed by atoms with van der Waals surface area (Å²) in [5.74, 6) is -0.477. The van der Waals surface area contributed by atoms with E-state index in [1.54, 1.807) is 0 Å². The lowest BCUT2D eigenvalue weighted by Gasteiger charge is -2.17. The van der Waals surface area contributed by atoms with Crippen molar-refractivity contribution in [3.8, 4) is 0 Å². The first-order chi connectivity index (χ1) is 10.3. The van der Waals surface area contributed by atoms with Crippen LogP contribution in [0.15, 0.2) is 28.7 Å². The van der Waals surface area contributed by atoms with Crippen LogP contribution in [0.2, 0.25) is 0 Å². The van der Waals surface area contributed by atoms with Crippen LogP contribution in [0.4, 0.5) is 0 Å². The van der Waals surface area contributed by atoms with Crippen LogP contribution in [0.5, 0.6) is 0 Å². The van der Waals surface area contributed by atoms with Crippen molar-refractivity contribution in [2.45, 2.75) is 39.3 Å². The molecular formula is C16H25BrClN3O2. The lowest BCUT2D eigenvalue weighted by molar-refractivity contribution is -0.127. The molecule has 2 amide bonds. The van der Waals surface area contributed by atoms with Crippen molar-refractivity contribution in [3.63, 3.8) is 0 Å². The van der Waals surface area contributed by atoms with Crippen molar-refractivity contribution in [1.82, 2.24) is 10.6 Å². The predicted molar refractivity (Wildman–Crippen MR) is 98.5 cm³/mol. The standard InChI is InChI=1S/C16H24BrN3O2.ClH/c1-10(2)15(18)16(22)19-9-14(21)20-11(3)7-12-5-4-6-13(17)8-12;/h4-6,8,10-11,15H,7,9,18H2,1-3H3,(H,19,22)(H,20,21);1H/t11?,15-;/m0./s1.